The third-order valence-electron chi connectivity index (χ3n) is 5.97. The quantitative estimate of drug-likeness (QED) is 0.689. The zero-order chi connectivity index (χ0) is 20.0. The minimum Gasteiger partial charge on any atom is -0.447 e. The van der Waals surface area contributed by atoms with E-state index in [9.17, 15) is 9.59 Å². The standard InChI is InChI=1S/C22H22N4O3/c1-24-15-23-18-11-17(7-8-19(18)24)20(27)25-9-10-26-21(28)29-14-22(26,13-25)12-16-5-3-2-4-6-16/h2-8,11,15H,9-10,12-14H2,1H3. The number of amides is 2. The molecule has 0 spiro atoms. The molecule has 0 radical (unpaired) electrons. The minimum atomic E-state index is -0.526. The topological polar surface area (TPSA) is 67.7 Å². The zero-order valence-corrected chi connectivity index (χ0v) is 16.2. The maximum atomic E-state index is 13.3. The van der Waals surface area contributed by atoms with E-state index in [1.165, 1.54) is 0 Å². The fraction of sp³-hybridized carbons (Fsp3) is 0.318. The molecule has 0 N–H and O–H groups in total. The highest BCUT2D eigenvalue weighted by Gasteiger charge is 2.51. The zero-order valence-electron chi connectivity index (χ0n) is 16.2. The summed E-state index contributed by atoms with van der Waals surface area (Å²) in [5.41, 5.74) is 3.00. The maximum Gasteiger partial charge on any atom is 0.410 e. The molecule has 2 aliphatic heterocycles. The second-order valence-corrected chi connectivity index (χ2v) is 7.88. The largest absolute Gasteiger partial charge is 0.447 e. The lowest BCUT2D eigenvalue weighted by atomic mass is 9.88. The van der Waals surface area contributed by atoms with Crippen molar-refractivity contribution in [1.82, 2.24) is 19.4 Å². The van der Waals surface area contributed by atoms with Gasteiger partial charge in [0.25, 0.3) is 5.91 Å². The van der Waals surface area contributed by atoms with Crippen molar-refractivity contribution in [3.05, 3.63) is 66.0 Å². The molecule has 2 amide bonds. The molecule has 1 unspecified atom stereocenters. The number of fused-ring (bicyclic) bond motifs is 2. The molecule has 0 aliphatic carbocycles. The van der Waals surface area contributed by atoms with Crippen molar-refractivity contribution in [2.75, 3.05) is 26.2 Å². The van der Waals surface area contributed by atoms with Gasteiger partial charge in [-0.15, -0.1) is 0 Å². The first-order chi connectivity index (χ1) is 14.1. The van der Waals surface area contributed by atoms with Gasteiger partial charge in [0.1, 0.15) is 12.1 Å². The number of cyclic esters (lactones) is 1. The maximum absolute atomic E-state index is 13.3. The van der Waals surface area contributed by atoms with Gasteiger partial charge in [0, 0.05) is 38.7 Å². The van der Waals surface area contributed by atoms with Gasteiger partial charge in [0.2, 0.25) is 0 Å². The number of aryl methyl sites for hydroxylation is 1. The normalized spacial score (nSPS) is 21.3. The second-order valence-electron chi connectivity index (χ2n) is 7.88. The number of nitrogens with zero attached hydrogens (tertiary/aromatic N) is 4. The smallest absolute Gasteiger partial charge is 0.410 e. The summed E-state index contributed by atoms with van der Waals surface area (Å²) >= 11 is 0. The predicted octanol–water partition coefficient (Wildman–Crippen LogP) is 2.46. The first kappa shape index (κ1) is 17.7. The molecule has 1 aromatic heterocycles. The van der Waals surface area contributed by atoms with Gasteiger partial charge < -0.3 is 14.2 Å². The highest BCUT2D eigenvalue weighted by molar-refractivity contribution is 5.97. The van der Waals surface area contributed by atoms with E-state index in [1.54, 1.807) is 11.2 Å². The lowest BCUT2D eigenvalue weighted by molar-refractivity contribution is 0.0375. The third-order valence-corrected chi connectivity index (χ3v) is 5.97. The number of hydrogen-bond donors (Lipinski definition) is 0. The molecule has 1 atom stereocenters. The Balaban J connectivity index is 1.43. The van der Waals surface area contributed by atoms with Gasteiger partial charge in [0.05, 0.1) is 17.4 Å². The van der Waals surface area contributed by atoms with Crippen LogP contribution in [0.25, 0.3) is 11.0 Å². The Labute approximate surface area is 168 Å². The average molecular weight is 390 g/mol. The Hall–Kier alpha value is -3.35. The van der Waals surface area contributed by atoms with Crippen LogP contribution in [0.5, 0.6) is 0 Å². The Morgan fingerprint density at radius 2 is 2.00 bits per heavy atom. The number of carbonyl (C=O) groups is 2. The summed E-state index contributed by atoms with van der Waals surface area (Å²) < 4.78 is 7.34. The number of rotatable bonds is 3. The average Bonchev–Trinajstić information content (AvgIpc) is 3.27. The van der Waals surface area contributed by atoms with Gasteiger partial charge in [0.15, 0.2) is 0 Å². The molecule has 7 nitrogen and oxygen atoms in total. The van der Waals surface area contributed by atoms with Crippen molar-refractivity contribution in [3.8, 4) is 0 Å². The van der Waals surface area contributed by atoms with E-state index in [1.807, 2.05) is 65.0 Å². The highest BCUT2D eigenvalue weighted by Crippen LogP contribution is 2.33. The number of piperazine rings is 1. The number of aromatic nitrogens is 2. The fourth-order valence-corrected chi connectivity index (χ4v) is 4.46. The van der Waals surface area contributed by atoms with Crippen LogP contribution >= 0.6 is 0 Å². The van der Waals surface area contributed by atoms with Crippen molar-refractivity contribution in [1.29, 1.82) is 0 Å². The summed E-state index contributed by atoms with van der Waals surface area (Å²) in [7, 11) is 1.93. The van der Waals surface area contributed by atoms with Crippen LogP contribution in [0.15, 0.2) is 54.9 Å². The number of carbonyl (C=O) groups excluding carboxylic acids is 2. The Bertz CT molecular complexity index is 1090. The SMILES string of the molecule is Cn1cnc2cc(C(=O)N3CCN4C(=O)OCC4(Cc4ccccc4)C3)ccc21. The van der Waals surface area contributed by atoms with Crippen LogP contribution in [0.3, 0.4) is 0 Å². The molecular weight excluding hydrogens is 368 g/mol. The number of ether oxygens (including phenoxy) is 1. The van der Waals surface area contributed by atoms with E-state index in [-0.39, 0.29) is 12.0 Å². The van der Waals surface area contributed by atoms with Crippen LogP contribution in [-0.2, 0) is 18.2 Å². The van der Waals surface area contributed by atoms with Gasteiger partial charge in [-0.25, -0.2) is 9.78 Å². The summed E-state index contributed by atoms with van der Waals surface area (Å²) in [5.74, 6) is -0.0380. The summed E-state index contributed by atoms with van der Waals surface area (Å²) in [5, 5.41) is 0. The predicted molar refractivity (Wildman–Crippen MR) is 108 cm³/mol. The molecule has 5 rings (SSSR count). The molecule has 0 bridgehead atoms. The van der Waals surface area contributed by atoms with Crippen molar-refractivity contribution < 1.29 is 14.3 Å². The van der Waals surface area contributed by atoms with Crippen LogP contribution in [-0.4, -0.2) is 63.1 Å². The number of imidazole rings is 1. The van der Waals surface area contributed by atoms with Crippen molar-refractivity contribution >= 4 is 23.0 Å². The second kappa shape index (κ2) is 6.62. The number of benzene rings is 2. The van der Waals surface area contributed by atoms with Gasteiger partial charge in [-0.05, 0) is 23.8 Å². The molecule has 29 heavy (non-hydrogen) atoms. The van der Waals surface area contributed by atoms with E-state index in [4.69, 9.17) is 4.74 Å². The monoisotopic (exact) mass is 390 g/mol. The highest BCUT2D eigenvalue weighted by atomic mass is 16.6. The lowest BCUT2D eigenvalue weighted by Crippen LogP contribution is -2.63. The van der Waals surface area contributed by atoms with Crippen molar-refractivity contribution in [2.24, 2.45) is 7.05 Å². The Morgan fingerprint density at radius 3 is 2.83 bits per heavy atom. The van der Waals surface area contributed by atoms with Gasteiger partial charge in [-0.2, -0.15) is 0 Å². The van der Waals surface area contributed by atoms with E-state index < -0.39 is 5.54 Å². The number of hydrogen-bond acceptors (Lipinski definition) is 4. The van der Waals surface area contributed by atoms with E-state index in [2.05, 4.69) is 4.98 Å². The van der Waals surface area contributed by atoms with Gasteiger partial charge >= 0.3 is 6.09 Å². The summed E-state index contributed by atoms with van der Waals surface area (Å²) in [6.45, 7) is 1.71. The van der Waals surface area contributed by atoms with E-state index >= 15 is 0 Å². The van der Waals surface area contributed by atoms with Crippen molar-refractivity contribution in [2.45, 2.75) is 12.0 Å². The molecule has 148 valence electrons. The lowest BCUT2D eigenvalue weighted by Gasteiger charge is -2.44. The molecule has 3 heterocycles. The third kappa shape index (κ3) is 2.93. The van der Waals surface area contributed by atoms with Crippen LogP contribution in [0.2, 0.25) is 0 Å². The van der Waals surface area contributed by atoms with Crippen molar-refractivity contribution in [3.63, 3.8) is 0 Å². The summed E-state index contributed by atoms with van der Waals surface area (Å²) in [6.07, 6.45) is 2.11. The molecule has 2 aliphatic rings. The summed E-state index contributed by atoms with van der Waals surface area (Å²) in [4.78, 5) is 33.5. The molecule has 2 aromatic carbocycles. The molecular formula is C22H22N4O3. The fourth-order valence-electron chi connectivity index (χ4n) is 4.46. The first-order valence-corrected chi connectivity index (χ1v) is 9.74. The van der Waals surface area contributed by atoms with Crippen LogP contribution in [0.1, 0.15) is 15.9 Å². The Kier molecular flexibility index (Phi) is 4.04. The van der Waals surface area contributed by atoms with Crippen LogP contribution < -0.4 is 0 Å². The Morgan fingerprint density at radius 1 is 1.17 bits per heavy atom. The van der Waals surface area contributed by atoms with E-state index in [0.717, 1.165) is 16.6 Å². The molecule has 3 aromatic rings. The van der Waals surface area contributed by atoms with Gasteiger partial charge in [-0.1, -0.05) is 30.3 Å². The van der Waals surface area contributed by atoms with E-state index in [0.29, 0.717) is 38.2 Å². The van der Waals surface area contributed by atoms with Crippen LogP contribution in [0, 0.1) is 0 Å². The van der Waals surface area contributed by atoms with Gasteiger partial charge in [-0.3, -0.25) is 9.69 Å². The molecule has 2 saturated heterocycles. The first-order valence-electron chi connectivity index (χ1n) is 9.74. The molecule has 7 heteroatoms. The molecule has 0 saturated carbocycles. The van der Waals surface area contributed by atoms with Crippen LogP contribution in [0.4, 0.5) is 4.79 Å². The minimum absolute atomic E-state index is 0.0380. The molecule has 2 fully saturated rings. The summed E-state index contributed by atoms with van der Waals surface area (Å²) in [6, 6.07) is 15.6.